The second kappa shape index (κ2) is 3.94. The second-order valence-corrected chi connectivity index (χ2v) is 3.96. The van der Waals surface area contributed by atoms with E-state index in [4.69, 9.17) is 7.85 Å². The lowest BCUT2D eigenvalue weighted by molar-refractivity contribution is 1.39. The molecule has 2 aromatic carbocycles. The van der Waals surface area contributed by atoms with Crippen LogP contribution in [0.1, 0.15) is 11.1 Å². The van der Waals surface area contributed by atoms with E-state index >= 15 is 0 Å². The molecule has 15 heavy (non-hydrogen) atoms. The van der Waals surface area contributed by atoms with Gasteiger partial charge in [-0.15, -0.1) is 0 Å². The van der Waals surface area contributed by atoms with Crippen molar-refractivity contribution in [3.8, 4) is 11.1 Å². The van der Waals surface area contributed by atoms with E-state index in [0.717, 1.165) is 11.0 Å². The van der Waals surface area contributed by atoms with E-state index in [0.29, 0.717) is 0 Å². The Morgan fingerprint density at radius 2 is 1.47 bits per heavy atom. The fraction of sp³-hybridized carbons (Fsp3) is 0.143. The van der Waals surface area contributed by atoms with Crippen LogP contribution >= 0.6 is 0 Å². The van der Waals surface area contributed by atoms with Crippen molar-refractivity contribution < 1.29 is 0 Å². The third kappa shape index (κ3) is 2.12. The molecule has 0 aliphatic carbocycles. The average Bonchev–Trinajstić information content (AvgIpc) is 2.16. The van der Waals surface area contributed by atoms with Crippen molar-refractivity contribution >= 4 is 13.3 Å². The van der Waals surface area contributed by atoms with E-state index in [1.165, 1.54) is 16.7 Å². The number of hydrogen-bond acceptors (Lipinski definition) is 0. The summed E-state index contributed by atoms with van der Waals surface area (Å²) in [7, 11) is 5.95. The minimum atomic E-state index is 0.836. The SMILES string of the molecule is [B]c1ccccc1-c1cc(C)cc(C)c1. The van der Waals surface area contributed by atoms with Crippen molar-refractivity contribution in [1.82, 2.24) is 0 Å². The maximum Gasteiger partial charge on any atom is 0.114 e. The van der Waals surface area contributed by atoms with Crippen LogP contribution in [0.2, 0.25) is 0 Å². The highest BCUT2D eigenvalue weighted by atomic mass is 14.0. The Hall–Kier alpha value is -1.50. The number of aryl methyl sites for hydroxylation is 2. The predicted molar refractivity (Wildman–Crippen MR) is 66.7 cm³/mol. The van der Waals surface area contributed by atoms with Crippen LogP contribution in [0.15, 0.2) is 42.5 Å². The fourth-order valence-corrected chi connectivity index (χ4v) is 1.89. The Morgan fingerprint density at radius 3 is 2.07 bits per heavy atom. The average molecular weight is 192 g/mol. The van der Waals surface area contributed by atoms with Gasteiger partial charge in [-0.1, -0.05) is 59.1 Å². The van der Waals surface area contributed by atoms with Gasteiger partial charge in [-0.05, 0) is 25.0 Å². The van der Waals surface area contributed by atoms with E-state index in [1.54, 1.807) is 0 Å². The quantitative estimate of drug-likeness (QED) is 0.609. The van der Waals surface area contributed by atoms with Gasteiger partial charge in [0.15, 0.2) is 0 Å². The predicted octanol–water partition coefficient (Wildman–Crippen LogP) is 2.76. The first-order chi connectivity index (χ1) is 7.16. The van der Waals surface area contributed by atoms with E-state index in [-0.39, 0.29) is 0 Å². The lowest BCUT2D eigenvalue weighted by Crippen LogP contribution is -2.05. The van der Waals surface area contributed by atoms with E-state index in [2.05, 4.69) is 38.1 Å². The third-order valence-electron chi connectivity index (χ3n) is 2.49. The first kappa shape index (κ1) is 10.0. The Balaban J connectivity index is 2.59. The minimum Gasteiger partial charge on any atom is -0.0890 e. The Kier molecular flexibility index (Phi) is 2.63. The second-order valence-electron chi connectivity index (χ2n) is 3.96. The van der Waals surface area contributed by atoms with Crippen LogP contribution in [-0.2, 0) is 0 Å². The summed E-state index contributed by atoms with van der Waals surface area (Å²) in [5.74, 6) is 0. The molecule has 2 aromatic rings. The molecule has 0 heterocycles. The van der Waals surface area contributed by atoms with Gasteiger partial charge >= 0.3 is 0 Å². The lowest BCUT2D eigenvalue weighted by atomic mass is 9.86. The van der Waals surface area contributed by atoms with Crippen molar-refractivity contribution in [2.24, 2.45) is 0 Å². The molecule has 72 valence electrons. The molecule has 0 aliphatic rings. The van der Waals surface area contributed by atoms with Gasteiger partial charge in [0.2, 0.25) is 0 Å². The molecule has 0 saturated carbocycles. The highest BCUT2D eigenvalue weighted by Gasteiger charge is 2.01. The van der Waals surface area contributed by atoms with E-state index in [9.17, 15) is 0 Å². The molecule has 0 amide bonds. The summed E-state index contributed by atoms with van der Waals surface area (Å²) in [6.45, 7) is 4.21. The Labute approximate surface area is 92.4 Å². The maximum absolute atomic E-state index is 5.95. The molecule has 0 nitrogen and oxygen atoms in total. The van der Waals surface area contributed by atoms with Gasteiger partial charge in [0.05, 0.1) is 0 Å². The summed E-state index contributed by atoms with van der Waals surface area (Å²) in [5.41, 5.74) is 5.69. The topological polar surface area (TPSA) is 0 Å². The van der Waals surface area contributed by atoms with Crippen LogP contribution in [0.25, 0.3) is 11.1 Å². The molecule has 0 unspecified atom stereocenters. The lowest BCUT2D eigenvalue weighted by Gasteiger charge is -2.08. The molecule has 1 heteroatoms. The van der Waals surface area contributed by atoms with Gasteiger partial charge in [0.25, 0.3) is 0 Å². The normalized spacial score (nSPS) is 10.3. The molecule has 0 atom stereocenters. The van der Waals surface area contributed by atoms with Crippen molar-refractivity contribution in [1.29, 1.82) is 0 Å². The third-order valence-corrected chi connectivity index (χ3v) is 2.49. The van der Waals surface area contributed by atoms with Crippen LogP contribution in [0.5, 0.6) is 0 Å². The summed E-state index contributed by atoms with van der Waals surface area (Å²) >= 11 is 0. The Bertz CT molecular complexity index is 466. The zero-order valence-electron chi connectivity index (χ0n) is 9.12. The molecule has 0 spiro atoms. The molecular weight excluding hydrogens is 179 g/mol. The van der Waals surface area contributed by atoms with Crippen molar-refractivity contribution in [2.75, 3.05) is 0 Å². The molecule has 0 bridgehead atoms. The van der Waals surface area contributed by atoms with Gasteiger partial charge < -0.3 is 0 Å². The van der Waals surface area contributed by atoms with Crippen LogP contribution in [0, 0.1) is 13.8 Å². The summed E-state index contributed by atoms with van der Waals surface area (Å²) in [6.07, 6.45) is 0. The smallest absolute Gasteiger partial charge is 0.0890 e. The number of hydrogen-bond donors (Lipinski definition) is 0. The van der Waals surface area contributed by atoms with Gasteiger partial charge in [0, 0.05) is 0 Å². The Morgan fingerprint density at radius 1 is 0.867 bits per heavy atom. The van der Waals surface area contributed by atoms with E-state index < -0.39 is 0 Å². The number of rotatable bonds is 1. The van der Waals surface area contributed by atoms with Crippen molar-refractivity contribution in [2.45, 2.75) is 13.8 Å². The summed E-state index contributed by atoms with van der Waals surface area (Å²) in [6, 6.07) is 14.5. The van der Waals surface area contributed by atoms with Gasteiger partial charge in [0.1, 0.15) is 7.85 Å². The monoisotopic (exact) mass is 192 g/mol. The maximum atomic E-state index is 5.95. The largest absolute Gasteiger partial charge is 0.114 e. The highest BCUT2D eigenvalue weighted by Crippen LogP contribution is 2.19. The van der Waals surface area contributed by atoms with Crippen molar-refractivity contribution in [3.05, 3.63) is 53.6 Å². The molecule has 0 fully saturated rings. The van der Waals surface area contributed by atoms with Crippen LogP contribution in [-0.4, -0.2) is 7.85 Å². The summed E-state index contributed by atoms with van der Waals surface area (Å²) in [5, 5.41) is 0. The minimum absolute atomic E-state index is 0.836. The molecule has 2 rings (SSSR count). The van der Waals surface area contributed by atoms with Crippen LogP contribution in [0.3, 0.4) is 0 Å². The van der Waals surface area contributed by atoms with Crippen LogP contribution in [0.4, 0.5) is 0 Å². The van der Waals surface area contributed by atoms with E-state index in [1.807, 2.05) is 18.2 Å². The molecule has 0 N–H and O–H groups in total. The van der Waals surface area contributed by atoms with Crippen molar-refractivity contribution in [3.63, 3.8) is 0 Å². The molecule has 0 aliphatic heterocycles. The zero-order chi connectivity index (χ0) is 10.8. The molecule has 2 radical (unpaired) electrons. The molecule has 0 aromatic heterocycles. The zero-order valence-corrected chi connectivity index (χ0v) is 9.12. The van der Waals surface area contributed by atoms with Gasteiger partial charge in [-0.2, -0.15) is 0 Å². The standard InChI is InChI=1S/C14H13B/c1-10-7-11(2)9-12(8-10)13-5-3-4-6-14(13)15/h3-9H,1-2H3. The van der Waals surface area contributed by atoms with Crippen LogP contribution < -0.4 is 5.46 Å². The number of benzene rings is 2. The first-order valence-electron chi connectivity index (χ1n) is 5.10. The molecule has 0 saturated heterocycles. The summed E-state index contributed by atoms with van der Waals surface area (Å²) in [4.78, 5) is 0. The highest BCUT2D eigenvalue weighted by molar-refractivity contribution is 6.35. The fourth-order valence-electron chi connectivity index (χ4n) is 1.89. The molecular formula is C14H13B. The van der Waals surface area contributed by atoms with Gasteiger partial charge in [-0.25, -0.2) is 0 Å². The van der Waals surface area contributed by atoms with Gasteiger partial charge in [-0.3, -0.25) is 0 Å². The summed E-state index contributed by atoms with van der Waals surface area (Å²) < 4.78 is 0. The first-order valence-corrected chi connectivity index (χ1v) is 5.10.